The minimum atomic E-state index is -0.200. The fourth-order valence-electron chi connectivity index (χ4n) is 3.90. The molecule has 2 amide bonds. The summed E-state index contributed by atoms with van der Waals surface area (Å²) in [6, 6.07) is 19.9. The summed E-state index contributed by atoms with van der Waals surface area (Å²) in [5.74, 6) is 0.546. The van der Waals surface area contributed by atoms with E-state index in [0.717, 1.165) is 28.9 Å². The van der Waals surface area contributed by atoms with Crippen LogP contribution in [-0.2, 0) is 6.54 Å². The van der Waals surface area contributed by atoms with E-state index in [1.54, 1.807) is 0 Å². The molecular formula is C24H26ClN3O. The molecule has 0 saturated heterocycles. The maximum absolute atomic E-state index is 13.3. The lowest BCUT2D eigenvalue weighted by molar-refractivity contribution is 0.180. The van der Waals surface area contributed by atoms with Gasteiger partial charge in [-0.1, -0.05) is 55.8 Å². The van der Waals surface area contributed by atoms with E-state index in [-0.39, 0.29) is 12.1 Å². The molecule has 1 atom stereocenters. The second-order valence-corrected chi connectivity index (χ2v) is 8.36. The molecule has 2 aromatic carbocycles. The molecular weight excluding hydrogens is 382 g/mol. The summed E-state index contributed by atoms with van der Waals surface area (Å²) in [6.45, 7) is 5.54. The summed E-state index contributed by atoms with van der Waals surface area (Å²) >= 11 is 6.13. The molecule has 0 spiro atoms. The molecule has 0 fully saturated rings. The Balaban J connectivity index is 1.78. The van der Waals surface area contributed by atoms with Gasteiger partial charge in [-0.2, -0.15) is 0 Å². The van der Waals surface area contributed by atoms with Crippen LogP contribution in [0, 0.1) is 5.92 Å². The van der Waals surface area contributed by atoms with Gasteiger partial charge in [-0.15, -0.1) is 0 Å². The van der Waals surface area contributed by atoms with E-state index in [9.17, 15) is 4.79 Å². The first-order chi connectivity index (χ1) is 14.0. The van der Waals surface area contributed by atoms with Crippen LogP contribution < -0.4 is 5.32 Å². The van der Waals surface area contributed by atoms with Crippen molar-refractivity contribution in [3.05, 3.63) is 88.7 Å². The Kier molecular flexibility index (Phi) is 5.63. The molecule has 1 aliphatic rings. The lowest BCUT2D eigenvalue weighted by Gasteiger charge is -2.31. The van der Waals surface area contributed by atoms with Gasteiger partial charge in [0.1, 0.15) is 0 Å². The molecule has 0 bridgehead atoms. The van der Waals surface area contributed by atoms with Crippen molar-refractivity contribution in [3.8, 4) is 5.69 Å². The summed E-state index contributed by atoms with van der Waals surface area (Å²) in [4.78, 5) is 15.2. The molecule has 0 radical (unpaired) electrons. The molecule has 1 N–H and O–H groups in total. The Morgan fingerprint density at radius 1 is 1.10 bits per heavy atom. The van der Waals surface area contributed by atoms with Gasteiger partial charge in [0.15, 0.2) is 0 Å². The number of nitrogens with one attached hydrogen (secondary N) is 1. The van der Waals surface area contributed by atoms with Crippen LogP contribution in [0.25, 0.3) is 5.69 Å². The molecule has 150 valence electrons. The van der Waals surface area contributed by atoms with Gasteiger partial charge in [-0.05, 0) is 53.8 Å². The van der Waals surface area contributed by atoms with Gasteiger partial charge in [0.2, 0.25) is 0 Å². The highest BCUT2D eigenvalue weighted by molar-refractivity contribution is 6.30. The minimum Gasteiger partial charge on any atom is -0.338 e. The van der Waals surface area contributed by atoms with E-state index in [4.69, 9.17) is 11.6 Å². The highest BCUT2D eigenvalue weighted by Crippen LogP contribution is 2.36. The number of nitrogens with zero attached hydrogens (tertiary/aromatic N) is 2. The van der Waals surface area contributed by atoms with Crippen molar-refractivity contribution in [2.45, 2.75) is 32.9 Å². The lowest BCUT2D eigenvalue weighted by atomic mass is 10.0. The number of para-hydroxylation sites is 1. The van der Waals surface area contributed by atoms with Crippen LogP contribution in [-0.4, -0.2) is 22.0 Å². The molecule has 3 aromatic rings. The van der Waals surface area contributed by atoms with Crippen molar-refractivity contribution in [2.24, 2.45) is 5.92 Å². The van der Waals surface area contributed by atoms with E-state index in [2.05, 4.69) is 48.1 Å². The first kappa shape index (κ1) is 19.6. The predicted molar refractivity (Wildman–Crippen MR) is 117 cm³/mol. The number of hydrogen-bond donors (Lipinski definition) is 1. The number of halogens is 1. The van der Waals surface area contributed by atoms with Gasteiger partial charge < -0.3 is 14.8 Å². The summed E-state index contributed by atoms with van der Waals surface area (Å²) in [5, 5.41) is 3.82. The zero-order chi connectivity index (χ0) is 20.4. The van der Waals surface area contributed by atoms with Crippen molar-refractivity contribution in [1.29, 1.82) is 0 Å². The van der Waals surface area contributed by atoms with Gasteiger partial charge in [0.05, 0.1) is 18.3 Å². The fraction of sp³-hybridized carbons (Fsp3) is 0.292. The minimum absolute atomic E-state index is 0.0462. The Morgan fingerprint density at radius 2 is 1.86 bits per heavy atom. The molecule has 1 unspecified atom stereocenters. The Hall–Kier alpha value is -2.72. The van der Waals surface area contributed by atoms with Gasteiger partial charge in [-0.25, -0.2) is 4.79 Å². The summed E-state index contributed by atoms with van der Waals surface area (Å²) < 4.78 is 2.19. The maximum atomic E-state index is 13.3. The van der Waals surface area contributed by atoms with Crippen LogP contribution >= 0.6 is 11.6 Å². The smallest absolute Gasteiger partial charge is 0.318 e. The molecule has 1 aromatic heterocycles. The zero-order valence-corrected chi connectivity index (χ0v) is 17.6. The number of carbonyl (C=O) groups excluding carboxylic acids is 1. The zero-order valence-electron chi connectivity index (χ0n) is 16.8. The monoisotopic (exact) mass is 407 g/mol. The average Bonchev–Trinajstić information content (AvgIpc) is 3.13. The van der Waals surface area contributed by atoms with Crippen LogP contribution in [0.3, 0.4) is 0 Å². The topological polar surface area (TPSA) is 37.3 Å². The van der Waals surface area contributed by atoms with E-state index in [1.807, 2.05) is 47.4 Å². The van der Waals surface area contributed by atoms with E-state index in [1.165, 1.54) is 0 Å². The number of urea groups is 1. The second kappa shape index (κ2) is 8.34. The van der Waals surface area contributed by atoms with Crippen molar-refractivity contribution < 1.29 is 4.79 Å². The number of rotatable bonds is 4. The quantitative estimate of drug-likeness (QED) is 0.583. The van der Waals surface area contributed by atoms with Crippen LogP contribution in [0.5, 0.6) is 0 Å². The van der Waals surface area contributed by atoms with Crippen LogP contribution in [0.2, 0.25) is 5.02 Å². The molecule has 4 rings (SSSR count). The fourth-order valence-corrected chi connectivity index (χ4v) is 4.03. The number of fused-ring (bicyclic) bond motifs is 3. The summed E-state index contributed by atoms with van der Waals surface area (Å²) in [5.41, 5.74) is 4.35. The number of benzene rings is 2. The normalized spacial score (nSPS) is 15.6. The first-order valence-corrected chi connectivity index (χ1v) is 10.5. The average molecular weight is 408 g/mol. The lowest BCUT2D eigenvalue weighted by Crippen LogP contribution is -2.42. The van der Waals surface area contributed by atoms with E-state index < -0.39 is 0 Å². The number of aromatic nitrogens is 1. The third kappa shape index (κ3) is 4.03. The van der Waals surface area contributed by atoms with Gasteiger partial charge in [0, 0.05) is 23.5 Å². The van der Waals surface area contributed by atoms with Crippen LogP contribution in [0.15, 0.2) is 66.9 Å². The van der Waals surface area contributed by atoms with Crippen molar-refractivity contribution in [3.63, 3.8) is 0 Å². The summed E-state index contributed by atoms with van der Waals surface area (Å²) in [7, 11) is 0. The van der Waals surface area contributed by atoms with Gasteiger partial charge >= 0.3 is 6.03 Å². The highest BCUT2D eigenvalue weighted by atomic mass is 35.5. The Bertz CT molecular complexity index is 993. The maximum Gasteiger partial charge on any atom is 0.318 e. The van der Waals surface area contributed by atoms with Gasteiger partial charge in [-0.3, -0.25) is 0 Å². The number of hydrogen-bond acceptors (Lipinski definition) is 1. The molecule has 0 saturated carbocycles. The third-order valence-electron chi connectivity index (χ3n) is 5.41. The second-order valence-electron chi connectivity index (χ2n) is 7.93. The van der Waals surface area contributed by atoms with E-state index in [0.29, 0.717) is 24.0 Å². The van der Waals surface area contributed by atoms with Crippen LogP contribution in [0.4, 0.5) is 4.79 Å². The Morgan fingerprint density at radius 3 is 2.62 bits per heavy atom. The summed E-state index contributed by atoms with van der Waals surface area (Å²) in [6.07, 6.45) is 3.02. The van der Waals surface area contributed by atoms with Crippen molar-refractivity contribution in [2.75, 3.05) is 6.54 Å². The number of amides is 2. The van der Waals surface area contributed by atoms with Crippen LogP contribution in [0.1, 0.15) is 43.1 Å². The highest BCUT2D eigenvalue weighted by Gasteiger charge is 2.32. The molecule has 29 heavy (non-hydrogen) atoms. The van der Waals surface area contributed by atoms with E-state index >= 15 is 0 Å². The first-order valence-electron chi connectivity index (χ1n) is 10.1. The van der Waals surface area contributed by atoms with Gasteiger partial charge in [0.25, 0.3) is 0 Å². The predicted octanol–water partition coefficient (Wildman–Crippen LogP) is 5.79. The molecule has 2 heterocycles. The largest absolute Gasteiger partial charge is 0.338 e. The standard InChI is InChI=1S/C24H26ClN3O/c1-17(2)13-14-26-24(29)28-16-19-6-3-4-7-21(19)27-15-5-8-22(27)23(28)18-9-11-20(25)12-10-18/h3-12,15,17,23H,13-14,16H2,1-2H3,(H,26,29). The molecule has 1 aliphatic heterocycles. The molecule has 4 nitrogen and oxygen atoms in total. The third-order valence-corrected chi connectivity index (χ3v) is 5.66. The Labute approximate surface area is 177 Å². The SMILES string of the molecule is CC(C)CCNC(=O)N1Cc2ccccc2-n2cccc2C1c1ccc(Cl)cc1. The molecule has 0 aliphatic carbocycles. The van der Waals surface area contributed by atoms with Crippen molar-refractivity contribution >= 4 is 17.6 Å². The molecule has 5 heteroatoms. The number of carbonyl (C=O) groups is 1. The van der Waals surface area contributed by atoms with Crippen molar-refractivity contribution in [1.82, 2.24) is 14.8 Å².